The number of hydrogen-bond donors (Lipinski definition) is 3. The molecule has 0 saturated heterocycles. The second-order valence-electron chi connectivity index (χ2n) is 2.05. The van der Waals surface area contributed by atoms with E-state index in [0.717, 1.165) is 11.3 Å². The van der Waals surface area contributed by atoms with Crippen molar-refractivity contribution in [2.24, 2.45) is 5.73 Å². The molecule has 5 nitrogen and oxygen atoms in total. The van der Waals surface area contributed by atoms with Crippen molar-refractivity contribution in [3.63, 3.8) is 0 Å². The van der Waals surface area contributed by atoms with Gasteiger partial charge < -0.3 is 5.73 Å². The quantitative estimate of drug-likeness (QED) is 0.608. The van der Waals surface area contributed by atoms with E-state index in [1.165, 1.54) is 0 Å². The zero-order valence-electron chi connectivity index (χ0n) is 6.33. The fourth-order valence-corrected chi connectivity index (χ4v) is 1.55. The second-order valence-corrected chi connectivity index (χ2v) is 3.76. The molecule has 0 bridgehead atoms. The highest BCUT2D eigenvalue weighted by atomic mass is 35.5. The standard InChI is InChI=1S/C6H6ClN3O2S/c7-4-2-1-3(13-4)5(11)9-10-6(8)12/h1-2H,(H,9,11)(H3,8,10,12). The van der Waals surface area contributed by atoms with Crippen LogP contribution in [0.5, 0.6) is 0 Å². The van der Waals surface area contributed by atoms with Crippen molar-refractivity contribution in [3.8, 4) is 0 Å². The normalized spacial score (nSPS) is 9.31. The van der Waals surface area contributed by atoms with E-state index in [0.29, 0.717) is 9.21 Å². The van der Waals surface area contributed by atoms with Crippen molar-refractivity contribution in [1.29, 1.82) is 0 Å². The van der Waals surface area contributed by atoms with Crippen LogP contribution in [0.2, 0.25) is 4.34 Å². The van der Waals surface area contributed by atoms with Gasteiger partial charge in [-0.1, -0.05) is 11.6 Å². The third kappa shape index (κ3) is 2.92. The molecule has 1 aromatic rings. The summed E-state index contributed by atoms with van der Waals surface area (Å²) in [6.45, 7) is 0. The van der Waals surface area contributed by atoms with E-state index in [9.17, 15) is 9.59 Å². The first kappa shape index (κ1) is 9.82. The molecule has 13 heavy (non-hydrogen) atoms. The van der Waals surface area contributed by atoms with Gasteiger partial charge in [0.2, 0.25) is 0 Å². The molecule has 0 aliphatic heterocycles. The lowest BCUT2D eigenvalue weighted by molar-refractivity contribution is 0.0941. The zero-order chi connectivity index (χ0) is 9.84. The molecule has 0 saturated carbocycles. The molecule has 0 unspecified atom stereocenters. The van der Waals surface area contributed by atoms with Crippen LogP contribution in [0.1, 0.15) is 9.67 Å². The van der Waals surface area contributed by atoms with Gasteiger partial charge in [0.05, 0.1) is 9.21 Å². The predicted octanol–water partition coefficient (Wildman–Crippen LogP) is 0.715. The fourth-order valence-electron chi connectivity index (χ4n) is 0.616. The smallest absolute Gasteiger partial charge is 0.330 e. The van der Waals surface area contributed by atoms with Gasteiger partial charge in [-0.3, -0.25) is 10.2 Å². The average Bonchev–Trinajstić information content (AvgIpc) is 2.47. The summed E-state index contributed by atoms with van der Waals surface area (Å²) in [5.74, 6) is -0.448. The number of nitrogens with two attached hydrogens (primary N) is 1. The number of nitrogens with one attached hydrogen (secondary N) is 2. The molecule has 1 aromatic heterocycles. The van der Waals surface area contributed by atoms with Crippen molar-refractivity contribution in [2.75, 3.05) is 0 Å². The van der Waals surface area contributed by atoms with Gasteiger partial charge in [-0.05, 0) is 12.1 Å². The largest absolute Gasteiger partial charge is 0.350 e. The van der Waals surface area contributed by atoms with Gasteiger partial charge in [-0.25, -0.2) is 10.2 Å². The summed E-state index contributed by atoms with van der Waals surface area (Å²) >= 11 is 6.70. The van der Waals surface area contributed by atoms with E-state index in [1.807, 2.05) is 5.43 Å². The maximum absolute atomic E-state index is 11.1. The number of amides is 3. The van der Waals surface area contributed by atoms with Crippen molar-refractivity contribution in [3.05, 3.63) is 21.3 Å². The third-order valence-corrected chi connectivity index (χ3v) is 2.33. The van der Waals surface area contributed by atoms with Gasteiger partial charge in [0.1, 0.15) is 0 Å². The highest BCUT2D eigenvalue weighted by molar-refractivity contribution is 7.17. The van der Waals surface area contributed by atoms with Crippen LogP contribution in [0.15, 0.2) is 12.1 Å². The summed E-state index contributed by atoms with van der Waals surface area (Å²) in [5.41, 5.74) is 8.79. The van der Waals surface area contributed by atoms with E-state index in [1.54, 1.807) is 12.1 Å². The molecule has 4 N–H and O–H groups in total. The van der Waals surface area contributed by atoms with Crippen molar-refractivity contribution < 1.29 is 9.59 Å². The Labute approximate surface area is 82.8 Å². The summed E-state index contributed by atoms with van der Waals surface area (Å²) in [4.78, 5) is 21.7. The first-order valence-electron chi connectivity index (χ1n) is 3.20. The molecule has 0 spiro atoms. The molecular weight excluding hydrogens is 214 g/mol. The number of carbonyl (C=O) groups is 2. The van der Waals surface area contributed by atoms with Crippen LogP contribution < -0.4 is 16.6 Å². The maximum atomic E-state index is 11.1. The Morgan fingerprint density at radius 1 is 1.38 bits per heavy atom. The van der Waals surface area contributed by atoms with E-state index in [-0.39, 0.29) is 0 Å². The highest BCUT2D eigenvalue weighted by Crippen LogP contribution is 2.20. The summed E-state index contributed by atoms with van der Waals surface area (Å²) in [7, 11) is 0. The molecule has 0 atom stereocenters. The average molecular weight is 220 g/mol. The van der Waals surface area contributed by atoms with Crippen LogP contribution in [-0.2, 0) is 0 Å². The van der Waals surface area contributed by atoms with Crippen molar-refractivity contribution in [1.82, 2.24) is 10.9 Å². The summed E-state index contributed by atoms with van der Waals surface area (Å²) < 4.78 is 0.504. The zero-order valence-corrected chi connectivity index (χ0v) is 7.91. The Morgan fingerprint density at radius 2 is 2.08 bits per heavy atom. The molecule has 1 rings (SSSR count). The molecule has 70 valence electrons. The number of thiophene rings is 1. The van der Waals surface area contributed by atoms with Crippen LogP contribution in [0.3, 0.4) is 0 Å². The van der Waals surface area contributed by atoms with Crippen molar-refractivity contribution >= 4 is 34.9 Å². The molecule has 0 radical (unpaired) electrons. The lowest BCUT2D eigenvalue weighted by atomic mass is 10.4. The van der Waals surface area contributed by atoms with Crippen LogP contribution in [0, 0.1) is 0 Å². The predicted molar refractivity (Wildman–Crippen MR) is 49.5 cm³/mol. The van der Waals surface area contributed by atoms with E-state index >= 15 is 0 Å². The fraction of sp³-hybridized carbons (Fsp3) is 0. The molecule has 0 fully saturated rings. The molecule has 1 heterocycles. The van der Waals surface area contributed by atoms with Gasteiger partial charge in [0.25, 0.3) is 5.91 Å². The monoisotopic (exact) mass is 219 g/mol. The minimum Gasteiger partial charge on any atom is -0.350 e. The topological polar surface area (TPSA) is 84.2 Å². The van der Waals surface area contributed by atoms with Gasteiger partial charge in [0, 0.05) is 0 Å². The van der Waals surface area contributed by atoms with Crippen LogP contribution >= 0.6 is 22.9 Å². The lowest BCUT2D eigenvalue weighted by Gasteiger charge is -2.01. The van der Waals surface area contributed by atoms with Gasteiger partial charge >= 0.3 is 6.03 Å². The minimum absolute atomic E-state index is 0.402. The molecule has 0 aliphatic rings. The van der Waals surface area contributed by atoms with Crippen LogP contribution in [0.4, 0.5) is 4.79 Å². The maximum Gasteiger partial charge on any atom is 0.330 e. The molecular formula is C6H6ClN3O2S. The molecule has 3 amide bonds. The van der Waals surface area contributed by atoms with Gasteiger partial charge in [-0.2, -0.15) is 0 Å². The minimum atomic E-state index is -0.823. The second kappa shape index (κ2) is 4.11. The van der Waals surface area contributed by atoms with E-state index < -0.39 is 11.9 Å². The number of hydrogen-bond acceptors (Lipinski definition) is 3. The van der Waals surface area contributed by atoms with Crippen LogP contribution in [-0.4, -0.2) is 11.9 Å². The highest BCUT2D eigenvalue weighted by Gasteiger charge is 2.07. The van der Waals surface area contributed by atoms with Gasteiger partial charge in [0.15, 0.2) is 0 Å². The Morgan fingerprint density at radius 3 is 2.54 bits per heavy atom. The summed E-state index contributed by atoms with van der Waals surface area (Å²) in [6.07, 6.45) is 0. The lowest BCUT2D eigenvalue weighted by Crippen LogP contribution is -2.44. The van der Waals surface area contributed by atoms with E-state index in [4.69, 9.17) is 17.3 Å². The SMILES string of the molecule is NC(=O)NNC(=O)c1ccc(Cl)s1. The van der Waals surface area contributed by atoms with Crippen molar-refractivity contribution in [2.45, 2.75) is 0 Å². The van der Waals surface area contributed by atoms with Crippen LogP contribution in [0.25, 0.3) is 0 Å². The number of hydrazine groups is 1. The Balaban J connectivity index is 2.54. The summed E-state index contributed by atoms with van der Waals surface area (Å²) in [5, 5.41) is 0. The first-order valence-corrected chi connectivity index (χ1v) is 4.40. The first-order chi connectivity index (χ1) is 6.09. The summed E-state index contributed by atoms with van der Waals surface area (Å²) in [6, 6.07) is 2.31. The Hall–Kier alpha value is -1.27. The number of rotatable bonds is 1. The molecule has 0 aromatic carbocycles. The number of urea groups is 1. The molecule has 0 aliphatic carbocycles. The molecule has 7 heteroatoms. The third-order valence-electron chi connectivity index (χ3n) is 1.10. The number of carbonyl (C=O) groups excluding carboxylic acids is 2. The Kier molecular flexibility index (Phi) is 3.10. The van der Waals surface area contributed by atoms with E-state index in [2.05, 4.69) is 5.43 Å². The number of halogens is 1. The Bertz CT molecular complexity index is 338. The number of primary amides is 1. The van der Waals surface area contributed by atoms with Gasteiger partial charge in [-0.15, -0.1) is 11.3 Å².